The maximum absolute atomic E-state index is 13.3. The van der Waals surface area contributed by atoms with Crippen LogP contribution in [0.15, 0.2) is 28.7 Å². The van der Waals surface area contributed by atoms with Gasteiger partial charge in [0.25, 0.3) is 5.91 Å². The number of hydrogen-bond acceptors (Lipinski definition) is 7. The Bertz CT molecular complexity index is 1010. The average molecular weight is 484 g/mol. The van der Waals surface area contributed by atoms with Gasteiger partial charge in [-0.3, -0.25) is 9.69 Å². The number of aldehydes is 1. The highest BCUT2D eigenvalue weighted by Gasteiger charge is 2.49. The molecule has 1 aliphatic heterocycles. The molecule has 3 fully saturated rings. The molecule has 5 rings (SSSR count). The normalized spacial score (nSPS) is 23.6. The van der Waals surface area contributed by atoms with E-state index in [0.717, 1.165) is 31.2 Å². The van der Waals surface area contributed by atoms with E-state index >= 15 is 0 Å². The molecule has 3 atom stereocenters. The minimum Gasteiger partial charge on any atom is -0.440 e. The van der Waals surface area contributed by atoms with Crippen LogP contribution in [0.3, 0.4) is 0 Å². The molecule has 2 aromatic rings. The molecular weight excluding hydrogens is 450 g/mol. The molecule has 9 heteroatoms. The number of oxazole rings is 1. The Morgan fingerprint density at radius 3 is 2.69 bits per heavy atom. The predicted octanol–water partition coefficient (Wildman–Crippen LogP) is 3.52. The van der Waals surface area contributed by atoms with Crippen molar-refractivity contribution in [1.29, 1.82) is 0 Å². The topological polar surface area (TPSA) is 102 Å². The summed E-state index contributed by atoms with van der Waals surface area (Å²) in [4.78, 5) is 45.8. The van der Waals surface area contributed by atoms with Gasteiger partial charge in [0.15, 0.2) is 11.7 Å². The fourth-order valence-electron chi connectivity index (χ4n) is 5.37. The largest absolute Gasteiger partial charge is 0.440 e. The van der Waals surface area contributed by atoms with Gasteiger partial charge in [0, 0.05) is 19.1 Å². The van der Waals surface area contributed by atoms with Crippen LogP contribution >= 0.6 is 0 Å². The van der Waals surface area contributed by atoms with Gasteiger partial charge in [0.1, 0.15) is 11.8 Å². The van der Waals surface area contributed by atoms with Gasteiger partial charge < -0.3 is 23.6 Å². The van der Waals surface area contributed by atoms with Gasteiger partial charge >= 0.3 is 6.09 Å². The summed E-state index contributed by atoms with van der Waals surface area (Å²) in [5.74, 6) is 0.661. The van der Waals surface area contributed by atoms with Gasteiger partial charge in [-0.15, -0.1) is 0 Å². The van der Waals surface area contributed by atoms with Crippen molar-refractivity contribution in [2.75, 3.05) is 32.8 Å². The molecule has 0 N–H and O–H groups in total. The van der Waals surface area contributed by atoms with E-state index in [4.69, 9.17) is 13.9 Å². The van der Waals surface area contributed by atoms with Gasteiger partial charge in [-0.25, -0.2) is 9.78 Å². The maximum Gasteiger partial charge on any atom is 0.411 e. The third-order valence-electron chi connectivity index (χ3n) is 7.40. The van der Waals surface area contributed by atoms with E-state index in [2.05, 4.69) is 4.98 Å². The summed E-state index contributed by atoms with van der Waals surface area (Å²) in [7, 11) is 0. The molecule has 0 bridgehead atoms. The first-order valence-corrected chi connectivity index (χ1v) is 12.8. The Labute approximate surface area is 204 Å². The molecule has 0 spiro atoms. The molecule has 2 saturated carbocycles. The highest BCUT2D eigenvalue weighted by atomic mass is 16.6. The molecular formula is C26H33N3O6. The van der Waals surface area contributed by atoms with Crippen molar-refractivity contribution < 1.29 is 28.3 Å². The van der Waals surface area contributed by atoms with Crippen molar-refractivity contribution in [3.05, 3.63) is 30.2 Å². The first-order valence-electron chi connectivity index (χ1n) is 12.8. The highest BCUT2D eigenvalue weighted by Crippen LogP contribution is 2.45. The van der Waals surface area contributed by atoms with Crippen molar-refractivity contribution in [2.24, 2.45) is 5.92 Å². The van der Waals surface area contributed by atoms with E-state index in [0.29, 0.717) is 62.8 Å². The first kappa shape index (κ1) is 23.8. The third-order valence-corrected chi connectivity index (χ3v) is 7.40. The number of ether oxygens (including phenoxy) is 2. The molecule has 2 unspecified atom stereocenters. The number of rotatable bonds is 8. The fraction of sp³-hybridized carbons (Fsp3) is 0.615. The lowest BCUT2D eigenvalue weighted by molar-refractivity contribution is -0.146. The van der Waals surface area contributed by atoms with Gasteiger partial charge in [0.05, 0.1) is 25.7 Å². The molecule has 1 saturated heterocycles. The Kier molecular flexibility index (Phi) is 7.32. The summed E-state index contributed by atoms with van der Waals surface area (Å²) >= 11 is 0. The van der Waals surface area contributed by atoms with Gasteiger partial charge in [0.2, 0.25) is 5.89 Å². The van der Waals surface area contributed by atoms with E-state index in [-0.39, 0.29) is 24.4 Å². The monoisotopic (exact) mass is 483 g/mol. The second-order valence-corrected chi connectivity index (χ2v) is 9.80. The highest BCUT2D eigenvalue weighted by molar-refractivity contribution is 5.84. The number of morpholine rings is 1. The van der Waals surface area contributed by atoms with Crippen LogP contribution in [0, 0.1) is 5.92 Å². The second-order valence-electron chi connectivity index (χ2n) is 9.80. The van der Waals surface area contributed by atoms with Crippen molar-refractivity contribution in [3.8, 4) is 0 Å². The number of carbonyl (C=O) groups excluding carboxylic acids is 3. The van der Waals surface area contributed by atoms with Crippen LogP contribution < -0.4 is 0 Å². The minimum absolute atomic E-state index is 0.0951. The number of amides is 2. The summed E-state index contributed by atoms with van der Waals surface area (Å²) in [6.07, 6.45) is 5.98. The molecule has 2 amide bonds. The zero-order chi connectivity index (χ0) is 24.2. The SMILES string of the molecule is O=CCN(C(=O)O[C@@H](CC1CCCCC1)C(=O)N1CCOCC1)C1CC1c1nc2ccccc2o1. The summed E-state index contributed by atoms with van der Waals surface area (Å²) < 4.78 is 17.1. The zero-order valence-corrected chi connectivity index (χ0v) is 20.0. The van der Waals surface area contributed by atoms with Crippen LogP contribution in [-0.2, 0) is 19.1 Å². The van der Waals surface area contributed by atoms with E-state index in [1.54, 1.807) is 4.90 Å². The third kappa shape index (κ3) is 5.50. The van der Waals surface area contributed by atoms with Crippen molar-refractivity contribution >= 4 is 29.4 Å². The van der Waals surface area contributed by atoms with E-state index in [9.17, 15) is 14.4 Å². The molecule has 1 aromatic heterocycles. The fourth-order valence-corrected chi connectivity index (χ4v) is 5.37. The van der Waals surface area contributed by atoms with Crippen molar-refractivity contribution in [3.63, 3.8) is 0 Å². The van der Waals surface area contributed by atoms with Crippen LogP contribution in [0.5, 0.6) is 0 Å². The molecule has 188 valence electrons. The minimum atomic E-state index is -0.848. The summed E-state index contributed by atoms with van der Waals surface area (Å²) in [5, 5.41) is 0. The zero-order valence-electron chi connectivity index (χ0n) is 20.0. The van der Waals surface area contributed by atoms with E-state index < -0.39 is 12.2 Å². The molecule has 2 heterocycles. The maximum atomic E-state index is 13.3. The Morgan fingerprint density at radius 1 is 1.17 bits per heavy atom. The first-order chi connectivity index (χ1) is 17.1. The van der Waals surface area contributed by atoms with Crippen LogP contribution in [0.1, 0.15) is 56.8 Å². The Balaban J connectivity index is 1.28. The lowest BCUT2D eigenvalue weighted by Crippen LogP contribution is -2.49. The second kappa shape index (κ2) is 10.8. The lowest BCUT2D eigenvalue weighted by atomic mass is 9.85. The molecule has 2 aliphatic carbocycles. The number of para-hydroxylation sites is 2. The molecule has 3 aliphatic rings. The van der Waals surface area contributed by atoms with Crippen molar-refractivity contribution in [2.45, 2.75) is 63.0 Å². The standard InChI is InChI=1S/C26H33N3O6/c30-13-10-29(21-17-19(21)24-27-20-8-4-5-9-22(20)34-24)26(32)35-23(16-18-6-2-1-3-7-18)25(31)28-11-14-33-15-12-28/h4-5,8-9,13,18-19,21,23H,1-3,6-7,10-12,14-17H2/t19?,21?,23-/m0/s1. The lowest BCUT2D eigenvalue weighted by Gasteiger charge is -2.33. The Morgan fingerprint density at radius 2 is 1.94 bits per heavy atom. The summed E-state index contributed by atoms with van der Waals surface area (Å²) in [5.41, 5.74) is 1.46. The van der Waals surface area contributed by atoms with Crippen LogP contribution in [0.25, 0.3) is 11.1 Å². The van der Waals surface area contributed by atoms with Crippen LogP contribution in [0.2, 0.25) is 0 Å². The quantitative estimate of drug-likeness (QED) is 0.530. The van der Waals surface area contributed by atoms with Gasteiger partial charge in [-0.1, -0.05) is 44.2 Å². The average Bonchev–Trinajstić information content (AvgIpc) is 3.57. The van der Waals surface area contributed by atoms with Crippen LogP contribution in [-0.4, -0.2) is 78.1 Å². The van der Waals surface area contributed by atoms with Crippen molar-refractivity contribution in [1.82, 2.24) is 14.8 Å². The number of carbonyl (C=O) groups is 3. The van der Waals surface area contributed by atoms with E-state index in [1.165, 1.54) is 11.3 Å². The number of aromatic nitrogens is 1. The van der Waals surface area contributed by atoms with Gasteiger partial charge in [-0.05, 0) is 30.9 Å². The van der Waals surface area contributed by atoms with Gasteiger partial charge in [-0.2, -0.15) is 0 Å². The number of hydrogen-bond donors (Lipinski definition) is 0. The molecule has 0 radical (unpaired) electrons. The van der Waals surface area contributed by atoms with Crippen LogP contribution in [0.4, 0.5) is 4.79 Å². The summed E-state index contributed by atoms with van der Waals surface area (Å²) in [6, 6.07) is 7.27. The molecule has 1 aromatic carbocycles. The number of fused-ring (bicyclic) bond motifs is 1. The van der Waals surface area contributed by atoms with E-state index in [1.807, 2.05) is 24.3 Å². The summed E-state index contributed by atoms with van der Waals surface area (Å²) in [6.45, 7) is 1.88. The molecule has 9 nitrogen and oxygen atoms in total. The predicted molar refractivity (Wildman–Crippen MR) is 127 cm³/mol. The number of nitrogens with zero attached hydrogens (tertiary/aromatic N) is 3. The molecule has 35 heavy (non-hydrogen) atoms. The smallest absolute Gasteiger partial charge is 0.411 e. The number of benzene rings is 1. The Hall–Kier alpha value is -2.94.